The second-order valence-electron chi connectivity index (χ2n) is 6.64. The molecule has 3 rings (SSSR count). The van der Waals surface area contributed by atoms with Gasteiger partial charge in [0.2, 0.25) is 11.8 Å². The molecule has 2 amide bonds. The quantitative estimate of drug-likeness (QED) is 0.893. The Morgan fingerprint density at radius 1 is 1.19 bits per heavy atom. The Morgan fingerprint density at radius 2 is 1.92 bits per heavy atom. The average Bonchev–Trinajstić information content (AvgIpc) is 2.99. The molecule has 1 atom stereocenters. The summed E-state index contributed by atoms with van der Waals surface area (Å²) in [5.41, 5.74) is 3.79. The molecule has 2 aromatic rings. The van der Waals surface area contributed by atoms with E-state index in [-0.39, 0.29) is 24.2 Å². The molecular weight excluding hydrogens is 328 g/mol. The number of rotatable bonds is 5. The number of amides is 2. The van der Waals surface area contributed by atoms with Gasteiger partial charge in [0.1, 0.15) is 5.75 Å². The maximum Gasteiger partial charge on any atom is 0.229 e. The average molecular weight is 352 g/mol. The third-order valence-corrected chi connectivity index (χ3v) is 4.57. The van der Waals surface area contributed by atoms with Crippen LogP contribution in [0.2, 0.25) is 0 Å². The lowest BCUT2D eigenvalue weighted by molar-refractivity contribution is -0.122. The fourth-order valence-corrected chi connectivity index (χ4v) is 3.27. The first-order chi connectivity index (χ1) is 12.5. The topological polar surface area (TPSA) is 58.6 Å². The van der Waals surface area contributed by atoms with Gasteiger partial charge in [-0.3, -0.25) is 9.59 Å². The van der Waals surface area contributed by atoms with Crippen LogP contribution in [0.25, 0.3) is 0 Å². The van der Waals surface area contributed by atoms with Crippen LogP contribution in [0, 0.1) is 19.8 Å². The fraction of sp³-hybridized carbons (Fsp3) is 0.333. The minimum absolute atomic E-state index is 0.0104. The SMILES string of the molecule is CCOc1ccc(NC(=O)[C@@H]2CC(=O)N(c3ccc(C)cc3C)C2)cc1. The zero-order valence-corrected chi connectivity index (χ0v) is 15.4. The van der Waals surface area contributed by atoms with Crippen molar-refractivity contribution in [3.63, 3.8) is 0 Å². The van der Waals surface area contributed by atoms with E-state index in [4.69, 9.17) is 4.74 Å². The number of nitrogens with zero attached hydrogens (tertiary/aromatic N) is 1. The smallest absolute Gasteiger partial charge is 0.229 e. The molecule has 0 bridgehead atoms. The number of nitrogens with one attached hydrogen (secondary N) is 1. The number of ether oxygens (including phenoxy) is 1. The van der Waals surface area contributed by atoms with Gasteiger partial charge in [-0.25, -0.2) is 0 Å². The summed E-state index contributed by atoms with van der Waals surface area (Å²) in [6.45, 7) is 6.95. The van der Waals surface area contributed by atoms with E-state index in [0.29, 0.717) is 18.8 Å². The Labute approximate surface area is 154 Å². The van der Waals surface area contributed by atoms with E-state index >= 15 is 0 Å². The van der Waals surface area contributed by atoms with Gasteiger partial charge < -0.3 is 15.0 Å². The maximum absolute atomic E-state index is 12.6. The molecule has 1 aliphatic rings. The van der Waals surface area contributed by atoms with Gasteiger partial charge in [0, 0.05) is 24.3 Å². The summed E-state index contributed by atoms with van der Waals surface area (Å²) in [7, 11) is 0. The second kappa shape index (κ2) is 7.60. The van der Waals surface area contributed by atoms with Crippen LogP contribution >= 0.6 is 0 Å². The first-order valence-electron chi connectivity index (χ1n) is 8.89. The van der Waals surface area contributed by atoms with Crippen LogP contribution in [0.3, 0.4) is 0 Å². The molecule has 0 saturated carbocycles. The van der Waals surface area contributed by atoms with Gasteiger partial charge in [0.05, 0.1) is 12.5 Å². The van der Waals surface area contributed by atoms with E-state index in [0.717, 1.165) is 22.6 Å². The molecule has 1 aliphatic heterocycles. The van der Waals surface area contributed by atoms with Crippen LogP contribution in [-0.4, -0.2) is 25.0 Å². The highest BCUT2D eigenvalue weighted by Crippen LogP contribution is 2.29. The highest BCUT2D eigenvalue weighted by atomic mass is 16.5. The molecule has 0 unspecified atom stereocenters. The van der Waals surface area contributed by atoms with Crippen LogP contribution in [0.4, 0.5) is 11.4 Å². The second-order valence-corrected chi connectivity index (χ2v) is 6.64. The zero-order valence-electron chi connectivity index (χ0n) is 15.4. The molecule has 26 heavy (non-hydrogen) atoms. The molecule has 5 heteroatoms. The van der Waals surface area contributed by atoms with Crippen molar-refractivity contribution in [2.75, 3.05) is 23.4 Å². The van der Waals surface area contributed by atoms with E-state index in [1.807, 2.05) is 57.2 Å². The first-order valence-corrected chi connectivity index (χ1v) is 8.89. The number of carbonyl (C=O) groups is 2. The van der Waals surface area contributed by atoms with E-state index in [1.54, 1.807) is 4.90 Å². The molecule has 1 N–H and O–H groups in total. The zero-order chi connectivity index (χ0) is 18.7. The molecule has 1 fully saturated rings. The number of benzene rings is 2. The summed E-state index contributed by atoms with van der Waals surface area (Å²) in [6, 6.07) is 13.2. The third kappa shape index (κ3) is 3.87. The molecule has 136 valence electrons. The van der Waals surface area contributed by atoms with E-state index in [9.17, 15) is 9.59 Å². The number of aryl methyl sites for hydroxylation is 2. The Morgan fingerprint density at radius 3 is 2.58 bits per heavy atom. The predicted octanol–water partition coefficient (Wildman–Crippen LogP) is 3.69. The van der Waals surface area contributed by atoms with Gasteiger partial charge in [-0.1, -0.05) is 17.7 Å². The Balaban J connectivity index is 1.66. The molecular formula is C21H24N2O3. The number of anilines is 2. The van der Waals surface area contributed by atoms with E-state index in [1.165, 1.54) is 0 Å². The lowest BCUT2D eigenvalue weighted by Crippen LogP contribution is -2.28. The lowest BCUT2D eigenvalue weighted by atomic mass is 10.1. The number of hydrogen-bond donors (Lipinski definition) is 1. The van der Waals surface area contributed by atoms with Gasteiger partial charge in [0.25, 0.3) is 0 Å². The molecule has 2 aromatic carbocycles. The van der Waals surface area contributed by atoms with Crippen molar-refractivity contribution in [1.29, 1.82) is 0 Å². The predicted molar refractivity (Wildman–Crippen MR) is 103 cm³/mol. The van der Waals surface area contributed by atoms with Crippen LogP contribution in [0.1, 0.15) is 24.5 Å². The minimum atomic E-state index is -0.352. The standard InChI is InChI=1S/C21H24N2O3/c1-4-26-18-8-6-17(7-9-18)22-21(25)16-12-20(24)23(13-16)19-10-5-14(2)11-15(19)3/h5-11,16H,4,12-13H2,1-3H3,(H,22,25)/t16-/m1/s1. The van der Waals surface area contributed by atoms with Gasteiger partial charge in [-0.15, -0.1) is 0 Å². The minimum Gasteiger partial charge on any atom is -0.494 e. The van der Waals surface area contributed by atoms with Crippen molar-refractivity contribution in [2.45, 2.75) is 27.2 Å². The molecule has 1 heterocycles. The Kier molecular flexibility index (Phi) is 5.26. The number of carbonyl (C=O) groups excluding carboxylic acids is 2. The monoisotopic (exact) mass is 352 g/mol. The normalized spacial score (nSPS) is 16.7. The van der Waals surface area contributed by atoms with Gasteiger partial charge in [-0.2, -0.15) is 0 Å². The number of hydrogen-bond acceptors (Lipinski definition) is 3. The summed E-state index contributed by atoms with van der Waals surface area (Å²) >= 11 is 0. The Bertz CT molecular complexity index is 815. The van der Waals surface area contributed by atoms with E-state index in [2.05, 4.69) is 11.4 Å². The van der Waals surface area contributed by atoms with E-state index < -0.39 is 0 Å². The van der Waals surface area contributed by atoms with Crippen LogP contribution in [-0.2, 0) is 9.59 Å². The highest BCUT2D eigenvalue weighted by Gasteiger charge is 2.35. The lowest BCUT2D eigenvalue weighted by Gasteiger charge is -2.19. The molecule has 1 saturated heterocycles. The molecule has 0 aromatic heterocycles. The molecule has 0 spiro atoms. The van der Waals surface area contributed by atoms with Crippen LogP contribution in [0.15, 0.2) is 42.5 Å². The van der Waals surface area contributed by atoms with Crippen LogP contribution in [0.5, 0.6) is 5.75 Å². The van der Waals surface area contributed by atoms with Crippen LogP contribution < -0.4 is 15.0 Å². The first kappa shape index (κ1) is 18.0. The summed E-state index contributed by atoms with van der Waals surface area (Å²) in [4.78, 5) is 26.7. The molecule has 0 radical (unpaired) electrons. The largest absolute Gasteiger partial charge is 0.494 e. The van der Waals surface area contributed by atoms with Crippen molar-refractivity contribution >= 4 is 23.2 Å². The maximum atomic E-state index is 12.6. The summed E-state index contributed by atoms with van der Waals surface area (Å²) in [5, 5.41) is 2.90. The van der Waals surface area contributed by atoms with Crippen molar-refractivity contribution in [3.8, 4) is 5.75 Å². The summed E-state index contributed by atoms with van der Waals surface area (Å²) in [5.74, 6) is 0.274. The summed E-state index contributed by atoms with van der Waals surface area (Å²) in [6.07, 6.45) is 0.232. The van der Waals surface area contributed by atoms with Crippen molar-refractivity contribution in [2.24, 2.45) is 5.92 Å². The van der Waals surface area contributed by atoms with Gasteiger partial charge >= 0.3 is 0 Å². The third-order valence-electron chi connectivity index (χ3n) is 4.57. The van der Waals surface area contributed by atoms with Crippen molar-refractivity contribution in [1.82, 2.24) is 0 Å². The van der Waals surface area contributed by atoms with Gasteiger partial charge in [-0.05, 0) is 56.7 Å². The molecule has 5 nitrogen and oxygen atoms in total. The Hall–Kier alpha value is -2.82. The van der Waals surface area contributed by atoms with Crippen molar-refractivity contribution < 1.29 is 14.3 Å². The highest BCUT2D eigenvalue weighted by molar-refractivity contribution is 6.03. The fourth-order valence-electron chi connectivity index (χ4n) is 3.27. The van der Waals surface area contributed by atoms with Gasteiger partial charge in [0.15, 0.2) is 0 Å². The molecule has 0 aliphatic carbocycles. The van der Waals surface area contributed by atoms with Crippen molar-refractivity contribution in [3.05, 3.63) is 53.6 Å². The summed E-state index contributed by atoms with van der Waals surface area (Å²) < 4.78 is 5.40.